The molecule has 0 aliphatic heterocycles. The van der Waals surface area contributed by atoms with Gasteiger partial charge in [-0.2, -0.15) is 4.37 Å². The Kier molecular flexibility index (Phi) is 4.11. The van der Waals surface area contributed by atoms with Crippen molar-refractivity contribution in [1.29, 1.82) is 0 Å². The molecular formula is C13H21N3O3S2. The molecule has 0 aromatic carbocycles. The summed E-state index contributed by atoms with van der Waals surface area (Å²) in [6, 6.07) is 0. The lowest BCUT2D eigenvalue weighted by molar-refractivity contribution is 0.199. The second-order valence-corrected chi connectivity index (χ2v) is 8.92. The van der Waals surface area contributed by atoms with Crippen LogP contribution in [0.2, 0.25) is 0 Å². The summed E-state index contributed by atoms with van der Waals surface area (Å²) in [7, 11) is -3.34. The van der Waals surface area contributed by atoms with Crippen LogP contribution in [0, 0.1) is 11.8 Å². The van der Waals surface area contributed by atoms with Gasteiger partial charge in [-0.3, -0.25) is 0 Å². The Morgan fingerprint density at radius 1 is 1.29 bits per heavy atom. The molecule has 8 heteroatoms. The van der Waals surface area contributed by atoms with Crippen LogP contribution in [0.4, 0.5) is 10.8 Å². The number of nitrogens with one attached hydrogen (secondary N) is 1. The van der Waals surface area contributed by atoms with Crippen LogP contribution in [0.25, 0.3) is 0 Å². The van der Waals surface area contributed by atoms with E-state index in [-0.39, 0.29) is 22.6 Å². The Labute approximate surface area is 128 Å². The van der Waals surface area contributed by atoms with Crippen molar-refractivity contribution < 1.29 is 13.5 Å². The van der Waals surface area contributed by atoms with E-state index in [2.05, 4.69) is 9.69 Å². The first-order valence-corrected chi connectivity index (χ1v) is 9.69. The average molecular weight is 331 g/mol. The van der Waals surface area contributed by atoms with Crippen molar-refractivity contribution >= 4 is 32.2 Å². The number of aliphatic hydroxyl groups is 1. The van der Waals surface area contributed by atoms with E-state index >= 15 is 0 Å². The van der Waals surface area contributed by atoms with Crippen LogP contribution >= 0.6 is 11.5 Å². The molecular weight excluding hydrogens is 310 g/mol. The molecule has 0 amide bonds. The van der Waals surface area contributed by atoms with Gasteiger partial charge < -0.3 is 16.2 Å². The Morgan fingerprint density at radius 2 is 2.00 bits per heavy atom. The maximum absolute atomic E-state index is 12.4. The molecule has 0 radical (unpaired) electrons. The highest BCUT2D eigenvalue weighted by atomic mass is 32.2. The molecule has 6 nitrogen and oxygen atoms in total. The highest BCUT2D eigenvalue weighted by Gasteiger charge is 2.41. The second kappa shape index (κ2) is 5.73. The van der Waals surface area contributed by atoms with Crippen molar-refractivity contribution in [2.24, 2.45) is 11.8 Å². The molecule has 118 valence electrons. The van der Waals surface area contributed by atoms with Crippen molar-refractivity contribution in [3.05, 3.63) is 0 Å². The van der Waals surface area contributed by atoms with Gasteiger partial charge in [0.15, 0.2) is 15.7 Å². The first-order chi connectivity index (χ1) is 10.0. The van der Waals surface area contributed by atoms with Crippen molar-refractivity contribution in [3.8, 4) is 0 Å². The SMILES string of the molecule is Nc1nsc(NCC2CCCC2CO)c1S(=O)(=O)C1CC1. The van der Waals surface area contributed by atoms with Gasteiger partial charge in [0.2, 0.25) is 0 Å². The minimum Gasteiger partial charge on any atom is -0.396 e. The largest absolute Gasteiger partial charge is 0.396 e. The van der Waals surface area contributed by atoms with Gasteiger partial charge in [0.1, 0.15) is 9.90 Å². The van der Waals surface area contributed by atoms with Crippen LogP contribution in [0.3, 0.4) is 0 Å². The van der Waals surface area contributed by atoms with E-state index in [4.69, 9.17) is 5.73 Å². The first-order valence-electron chi connectivity index (χ1n) is 7.37. The third-order valence-electron chi connectivity index (χ3n) is 4.50. The number of anilines is 2. The maximum Gasteiger partial charge on any atom is 0.187 e. The van der Waals surface area contributed by atoms with Crippen molar-refractivity contribution in [2.45, 2.75) is 42.2 Å². The molecule has 3 rings (SSSR count). The summed E-state index contributed by atoms with van der Waals surface area (Å²) < 4.78 is 28.8. The molecule has 0 spiro atoms. The molecule has 2 aliphatic carbocycles. The van der Waals surface area contributed by atoms with Crippen LogP contribution in [0.15, 0.2) is 4.90 Å². The second-order valence-electron chi connectivity index (χ2n) is 5.98. The topological polar surface area (TPSA) is 105 Å². The zero-order chi connectivity index (χ0) is 15.0. The molecule has 21 heavy (non-hydrogen) atoms. The normalized spacial score (nSPS) is 26.1. The summed E-state index contributed by atoms with van der Waals surface area (Å²) in [4.78, 5) is 0.188. The molecule has 4 N–H and O–H groups in total. The van der Waals surface area contributed by atoms with Gasteiger partial charge in [-0.05, 0) is 49.1 Å². The number of aromatic nitrogens is 1. The first kappa shape index (κ1) is 15.1. The summed E-state index contributed by atoms with van der Waals surface area (Å²) in [6.07, 6.45) is 4.66. The van der Waals surface area contributed by atoms with E-state index in [0.717, 1.165) is 30.8 Å². The number of hydrogen-bond acceptors (Lipinski definition) is 7. The number of aliphatic hydroxyl groups excluding tert-OH is 1. The number of rotatable bonds is 6. The minimum atomic E-state index is -3.34. The molecule has 1 aromatic heterocycles. The van der Waals surface area contributed by atoms with Gasteiger partial charge in [0.25, 0.3) is 0 Å². The molecule has 2 fully saturated rings. The lowest BCUT2D eigenvalue weighted by atomic mass is 9.97. The molecule has 2 unspecified atom stereocenters. The Balaban J connectivity index is 1.74. The molecule has 2 saturated carbocycles. The Morgan fingerprint density at radius 3 is 2.67 bits per heavy atom. The zero-order valence-corrected chi connectivity index (χ0v) is 13.4. The van der Waals surface area contributed by atoms with Gasteiger partial charge in [-0.25, -0.2) is 8.42 Å². The molecule has 1 aromatic rings. The van der Waals surface area contributed by atoms with Crippen LogP contribution in [-0.4, -0.2) is 36.3 Å². The van der Waals surface area contributed by atoms with Crippen molar-refractivity contribution in [2.75, 3.05) is 24.2 Å². The van der Waals surface area contributed by atoms with E-state index in [1.54, 1.807) is 0 Å². The van der Waals surface area contributed by atoms with Gasteiger partial charge in [0, 0.05) is 13.2 Å². The van der Waals surface area contributed by atoms with E-state index in [1.807, 2.05) is 0 Å². The maximum atomic E-state index is 12.4. The van der Waals surface area contributed by atoms with Gasteiger partial charge in [-0.1, -0.05) is 6.42 Å². The smallest absolute Gasteiger partial charge is 0.187 e. The quantitative estimate of drug-likeness (QED) is 0.729. The van der Waals surface area contributed by atoms with E-state index in [1.165, 1.54) is 0 Å². The van der Waals surface area contributed by atoms with E-state index in [9.17, 15) is 13.5 Å². The zero-order valence-electron chi connectivity index (χ0n) is 11.8. The summed E-state index contributed by atoms with van der Waals surface area (Å²) in [5.41, 5.74) is 5.77. The minimum absolute atomic E-state index is 0.111. The fraction of sp³-hybridized carbons (Fsp3) is 0.769. The van der Waals surface area contributed by atoms with Crippen molar-refractivity contribution in [1.82, 2.24) is 4.37 Å². The molecule has 1 heterocycles. The molecule has 2 aliphatic rings. The van der Waals surface area contributed by atoms with Gasteiger partial charge >= 0.3 is 0 Å². The molecule has 0 saturated heterocycles. The summed E-state index contributed by atoms with van der Waals surface area (Å²) in [6.45, 7) is 0.866. The standard InChI is InChI=1S/C13H21N3O3S2/c14-12-11(21(18,19)10-4-5-10)13(20-16-12)15-6-8-2-1-3-9(8)7-17/h8-10,15,17H,1-7H2,(H2,14,16). The highest BCUT2D eigenvalue weighted by molar-refractivity contribution is 7.92. The van der Waals surface area contributed by atoms with Crippen LogP contribution in [0.5, 0.6) is 0 Å². The predicted octanol–water partition coefficient (Wildman–Crippen LogP) is 1.48. The molecule has 2 atom stereocenters. The van der Waals surface area contributed by atoms with Crippen LogP contribution in [-0.2, 0) is 9.84 Å². The highest BCUT2D eigenvalue weighted by Crippen LogP contribution is 2.41. The Bertz CT molecular complexity index is 610. The summed E-state index contributed by atoms with van der Waals surface area (Å²) in [5, 5.41) is 12.8. The Hall–Kier alpha value is -0.860. The lowest BCUT2D eigenvalue weighted by Gasteiger charge is -2.18. The summed E-state index contributed by atoms with van der Waals surface area (Å²) in [5.74, 6) is 0.806. The fourth-order valence-corrected chi connectivity index (χ4v) is 5.97. The third kappa shape index (κ3) is 2.89. The number of nitrogen functional groups attached to an aromatic ring is 1. The number of hydrogen-bond donors (Lipinski definition) is 3. The lowest BCUT2D eigenvalue weighted by Crippen LogP contribution is -2.21. The van der Waals surface area contributed by atoms with E-state index in [0.29, 0.717) is 36.2 Å². The van der Waals surface area contributed by atoms with Crippen LogP contribution < -0.4 is 11.1 Å². The van der Waals surface area contributed by atoms with Crippen molar-refractivity contribution in [3.63, 3.8) is 0 Å². The molecule has 0 bridgehead atoms. The van der Waals surface area contributed by atoms with Crippen LogP contribution in [0.1, 0.15) is 32.1 Å². The third-order valence-corrected chi connectivity index (χ3v) is 7.78. The average Bonchev–Trinajstić information content (AvgIpc) is 3.11. The number of sulfone groups is 1. The monoisotopic (exact) mass is 331 g/mol. The number of nitrogens with zero attached hydrogens (tertiary/aromatic N) is 1. The number of nitrogens with two attached hydrogens (primary N) is 1. The fourth-order valence-electron chi connectivity index (χ4n) is 3.07. The summed E-state index contributed by atoms with van der Waals surface area (Å²) >= 11 is 1.11. The van der Waals surface area contributed by atoms with Gasteiger partial charge in [0.05, 0.1) is 5.25 Å². The van der Waals surface area contributed by atoms with Gasteiger partial charge in [-0.15, -0.1) is 0 Å². The predicted molar refractivity (Wildman–Crippen MR) is 83.1 cm³/mol. The van der Waals surface area contributed by atoms with E-state index < -0.39 is 9.84 Å².